The summed E-state index contributed by atoms with van der Waals surface area (Å²) in [6.45, 7) is 5.66. The number of hydrogen-bond acceptors (Lipinski definition) is 3. The summed E-state index contributed by atoms with van der Waals surface area (Å²) in [6, 6.07) is 16.9. The number of fused-ring (bicyclic) bond motifs is 2. The molecule has 0 aliphatic carbocycles. The standard InChI is InChI=1S/C28H27NO3/c1-18(14-26(30)29-12-6-7-13-29)23-16-24-25(17-32-28(24)19(2)27(23)31-3)22-11-10-20-8-4-5-9-21(20)15-22/h4-5,8-11,14-17H,6-7,12-13H2,1-3H3/b18-14+. The first-order valence-electron chi connectivity index (χ1n) is 11.1. The van der Waals surface area contributed by atoms with Gasteiger partial charge < -0.3 is 14.1 Å². The van der Waals surface area contributed by atoms with Gasteiger partial charge in [0.05, 0.1) is 13.4 Å². The minimum atomic E-state index is 0.0711. The Morgan fingerprint density at radius 1 is 1.06 bits per heavy atom. The van der Waals surface area contributed by atoms with Crippen molar-refractivity contribution in [1.82, 2.24) is 4.90 Å². The molecule has 1 amide bonds. The van der Waals surface area contributed by atoms with Crippen LogP contribution in [0.15, 0.2) is 65.3 Å². The number of carbonyl (C=O) groups is 1. The number of nitrogens with zero attached hydrogens (tertiary/aromatic N) is 1. The summed E-state index contributed by atoms with van der Waals surface area (Å²) in [5.41, 5.74) is 5.72. The van der Waals surface area contributed by atoms with Crippen molar-refractivity contribution in [3.05, 3.63) is 72.0 Å². The minimum Gasteiger partial charge on any atom is -0.496 e. The summed E-state index contributed by atoms with van der Waals surface area (Å²) in [5, 5.41) is 3.42. The Morgan fingerprint density at radius 2 is 1.81 bits per heavy atom. The maximum atomic E-state index is 12.7. The van der Waals surface area contributed by atoms with Crippen LogP contribution in [0.25, 0.3) is 38.4 Å². The Morgan fingerprint density at radius 3 is 2.56 bits per heavy atom. The van der Waals surface area contributed by atoms with Gasteiger partial charge in [-0.2, -0.15) is 0 Å². The number of allylic oxidation sites excluding steroid dienone is 1. The van der Waals surface area contributed by atoms with Crippen molar-refractivity contribution in [2.75, 3.05) is 20.2 Å². The highest BCUT2D eigenvalue weighted by Gasteiger charge is 2.21. The van der Waals surface area contributed by atoms with E-state index in [2.05, 4.69) is 48.5 Å². The van der Waals surface area contributed by atoms with Gasteiger partial charge in [0.2, 0.25) is 5.91 Å². The zero-order valence-electron chi connectivity index (χ0n) is 18.8. The molecule has 1 aromatic heterocycles. The fourth-order valence-corrected chi connectivity index (χ4v) is 4.74. The summed E-state index contributed by atoms with van der Waals surface area (Å²) in [4.78, 5) is 14.6. The third-order valence-corrected chi connectivity index (χ3v) is 6.49. The third-order valence-electron chi connectivity index (χ3n) is 6.49. The SMILES string of the molecule is COc1c(/C(C)=C/C(=O)N2CCCC2)cc2c(-c3ccc4ccccc4c3)coc2c1C. The van der Waals surface area contributed by atoms with Gasteiger partial charge in [-0.25, -0.2) is 0 Å². The Labute approximate surface area is 188 Å². The van der Waals surface area contributed by atoms with Crippen LogP contribution in [0.1, 0.15) is 30.9 Å². The van der Waals surface area contributed by atoms with Crippen LogP contribution in [0.4, 0.5) is 0 Å². The lowest BCUT2D eigenvalue weighted by Crippen LogP contribution is -2.25. The third kappa shape index (κ3) is 3.46. The number of carbonyl (C=O) groups excluding carboxylic acids is 1. The highest BCUT2D eigenvalue weighted by Crippen LogP contribution is 2.41. The van der Waals surface area contributed by atoms with Crippen LogP contribution in [0.2, 0.25) is 0 Å². The second kappa shape index (κ2) is 8.19. The molecular formula is C28H27NO3. The molecule has 1 aliphatic heterocycles. The number of furan rings is 1. The predicted molar refractivity (Wildman–Crippen MR) is 130 cm³/mol. The molecule has 4 aromatic rings. The number of methoxy groups -OCH3 is 1. The Balaban J connectivity index is 1.64. The zero-order valence-corrected chi connectivity index (χ0v) is 18.8. The Bertz CT molecular complexity index is 1360. The van der Waals surface area contributed by atoms with E-state index in [0.717, 1.165) is 70.5 Å². The van der Waals surface area contributed by atoms with Crippen molar-refractivity contribution >= 4 is 33.2 Å². The van der Waals surface area contributed by atoms with E-state index in [4.69, 9.17) is 9.15 Å². The summed E-state index contributed by atoms with van der Waals surface area (Å²) < 4.78 is 11.8. The quantitative estimate of drug-likeness (QED) is 0.346. The van der Waals surface area contributed by atoms with Crippen LogP contribution in [-0.4, -0.2) is 31.0 Å². The zero-order chi connectivity index (χ0) is 22.2. The molecule has 32 heavy (non-hydrogen) atoms. The molecule has 4 heteroatoms. The first-order chi connectivity index (χ1) is 15.6. The van der Waals surface area contributed by atoms with E-state index in [1.807, 2.05) is 25.0 Å². The highest BCUT2D eigenvalue weighted by atomic mass is 16.5. The van der Waals surface area contributed by atoms with Gasteiger partial charge in [-0.1, -0.05) is 36.4 Å². The molecule has 0 unspecified atom stereocenters. The molecule has 2 heterocycles. The molecule has 0 bridgehead atoms. The van der Waals surface area contributed by atoms with E-state index in [1.165, 1.54) is 10.8 Å². The number of ether oxygens (including phenoxy) is 1. The molecule has 4 nitrogen and oxygen atoms in total. The van der Waals surface area contributed by atoms with Gasteiger partial charge >= 0.3 is 0 Å². The van der Waals surface area contributed by atoms with Gasteiger partial charge in [0.25, 0.3) is 0 Å². The van der Waals surface area contributed by atoms with Crippen molar-refractivity contribution in [3.63, 3.8) is 0 Å². The Hall–Kier alpha value is -3.53. The van der Waals surface area contributed by atoms with Crippen molar-refractivity contribution in [2.45, 2.75) is 26.7 Å². The normalized spacial score (nSPS) is 14.5. The van der Waals surface area contributed by atoms with Gasteiger partial charge in [0.1, 0.15) is 11.3 Å². The summed E-state index contributed by atoms with van der Waals surface area (Å²) in [6.07, 6.45) is 5.72. The van der Waals surface area contributed by atoms with Gasteiger partial charge in [0, 0.05) is 41.2 Å². The van der Waals surface area contributed by atoms with E-state index in [1.54, 1.807) is 13.2 Å². The summed E-state index contributed by atoms with van der Waals surface area (Å²) in [5.74, 6) is 0.821. The molecule has 0 saturated carbocycles. The number of amides is 1. The average molecular weight is 426 g/mol. The molecule has 1 aliphatic rings. The molecular weight excluding hydrogens is 398 g/mol. The van der Waals surface area contributed by atoms with Gasteiger partial charge in [-0.05, 0) is 60.7 Å². The van der Waals surface area contributed by atoms with Crippen LogP contribution in [0.3, 0.4) is 0 Å². The topological polar surface area (TPSA) is 42.7 Å². The maximum absolute atomic E-state index is 12.7. The number of aryl methyl sites for hydroxylation is 1. The van der Waals surface area contributed by atoms with E-state index < -0.39 is 0 Å². The molecule has 1 fully saturated rings. The second-order valence-corrected chi connectivity index (χ2v) is 8.53. The fourth-order valence-electron chi connectivity index (χ4n) is 4.74. The van der Waals surface area contributed by atoms with E-state index >= 15 is 0 Å². The predicted octanol–water partition coefficient (Wildman–Crippen LogP) is 6.60. The largest absolute Gasteiger partial charge is 0.496 e. The molecule has 1 saturated heterocycles. The average Bonchev–Trinajstić information content (AvgIpc) is 3.49. The van der Waals surface area contributed by atoms with Crippen LogP contribution in [0.5, 0.6) is 5.75 Å². The van der Waals surface area contributed by atoms with Gasteiger partial charge in [-0.3, -0.25) is 4.79 Å². The Kier molecular flexibility index (Phi) is 5.22. The van der Waals surface area contributed by atoms with Crippen molar-refractivity contribution in [1.29, 1.82) is 0 Å². The summed E-state index contributed by atoms with van der Waals surface area (Å²) in [7, 11) is 1.67. The van der Waals surface area contributed by atoms with Crippen LogP contribution < -0.4 is 4.74 Å². The van der Waals surface area contributed by atoms with E-state index in [-0.39, 0.29) is 5.91 Å². The van der Waals surface area contributed by atoms with Crippen molar-refractivity contribution in [2.24, 2.45) is 0 Å². The van der Waals surface area contributed by atoms with E-state index in [9.17, 15) is 4.79 Å². The van der Waals surface area contributed by atoms with E-state index in [0.29, 0.717) is 0 Å². The summed E-state index contributed by atoms with van der Waals surface area (Å²) >= 11 is 0. The van der Waals surface area contributed by atoms with Crippen LogP contribution in [0, 0.1) is 6.92 Å². The molecule has 162 valence electrons. The smallest absolute Gasteiger partial charge is 0.246 e. The van der Waals surface area contributed by atoms with Crippen molar-refractivity contribution in [3.8, 4) is 16.9 Å². The number of rotatable bonds is 4. The minimum absolute atomic E-state index is 0.0711. The molecule has 5 rings (SSSR count). The highest BCUT2D eigenvalue weighted by molar-refractivity contribution is 6.02. The molecule has 0 atom stereocenters. The lowest BCUT2D eigenvalue weighted by molar-refractivity contribution is -0.124. The first-order valence-corrected chi connectivity index (χ1v) is 11.1. The molecule has 0 radical (unpaired) electrons. The van der Waals surface area contributed by atoms with Crippen molar-refractivity contribution < 1.29 is 13.9 Å². The fraction of sp³-hybridized carbons (Fsp3) is 0.250. The number of likely N-dealkylation sites (tertiary alicyclic amines) is 1. The van der Waals surface area contributed by atoms with Crippen LogP contribution in [-0.2, 0) is 4.79 Å². The second-order valence-electron chi connectivity index (χ2n) is 8.53. The first kappa shape index (κ1) is 20.4. The number of hydrogen-bond donors (Lipinski definition) is 0. The van der Waals surface area contributed by atoms with Gasteiger partial charge in [-0.15, -0.1) is 0 Å². The molecule has 0 N–H and O–H groups in total. The molecule has 0 spiro atoms. The lowest BCUT2D eigenvalue weighted by atomic mass is 9.95. The number of benzene rings is 3. The monoisotopic (exact) mass is 425 g/mol. The maximum Gasteiger partial charge on any atom is 0.246 e. The lowest BCUT2D eigenvalue weighted by Gasteiger charge is -2.16. The van der Waals surface area contributed by atoms with Crippen LogP contribution >= 0.6 is 0 Å². The van der Waals surface area contributed by atoms with Gasteiger partial charge in [0.15, 0.2) is 0 Å². The molecule has 3 aromatic carbocycles.